The second-order valence-electron chi connectivity index (χ2n) is 6.21. The first-order valence-electron chi connectivity index (χ1n) is 8.80. The summed E-state index contributed by atoms with van der Waals surface area (Å²) in [5, 5.41) is 0.398. The first-order valence-corrected chi connectivity index (χ1v) is 8.80. The highest BCUT2D eigenvalue weighted by Crippen LogP contribution is 2.26. The van der Waals surface area contributed by atoms with E-state index in [-0.39, 0.29) is 17.6 Å². The van der Waals surface area contributed by atoms with Gasteiger partial charge in [-0.15, -0.1) is 0 Å². The molecule has 4 aromatic rings. The summed E-state index contributed by atoms with van der Waals surface area (Å²) in [7, 11) is 0. The fourth-order valence-corrected chi connectivity index (χ4v) is 2.86. The van der Waals surface area contributed by atoms with Crippen LogP contribution in [0.5, 0.6) is 11.5 Å². The fourth-order valence-electron chi connectivity index (χ4n) is 2.86. The third-order valence-corrected chi connectivity index (χ3v) is 4.27. The largest absolute Gasteiger partial charge is 0.488 e. The van der Waals surface area contributed by atoms with Crippen LogP contribution in [0.4, 0.5) is 0 Å². The van der Waals surface area contributed by atoms with Gasteiger partial charge in [0.1, 0.15) is 23.7 Å². The Kier molecular flexibility index (Phi) is 4.89. The molecule has 0 bridgehead atoms. The van der Waals surface area contributed by atoms with E-state index in [1.165, 1.54) is 12.1 Å². The fraction of sp³-hybridized carbons (Fsp3) is 0.0435. The number of hydrogen-bond donors (Lipinski definition) is 1. The van der Waals surface area contributed by atoms with Gasteiger partial charge in [0, 0.05) is 23.7 Å². The zero-order valence-electron chi connectivity index (χ0n) is 14.9. The Morgan fingerprint density at radius 2 is 1.61 bits per heavy atom. The molecule has 1 heterocycles. The molecule has 138 valence electrons. The Bertz CT molecular complexity index is 1170. The van der Waals surface area contributed by atoms with Crippen molar-refractivity contribution in [2.45, 2.75) is 6.61 Å². The van der Waals surface area contributed by atoms with E-state index in [1.54, 1.807) is 36.5 Å². The number of esters is 1. The maximum Gasteiger partial charge on any atom is 0.347 e. The third-order valence-electron chi connectivity index (χ3n) is 4.27. The van der Waals surface area contributed by atoms with Crippen molar-refractivity contribution in [2.75, 3.05) is 0 Å². The molecule has 0 radical (unpaired) electrons. The molecule has 0 saturated carbocycles. The van der Waals surface area contributed by atoms with Gasteiger partial charge in [-0.25, -0.2) is 4.79 Å². The molecule has 28 heavy (non-hydrogen) atoms. The number of aromatic nitrogens is 1. The number of benzene rings is 3. The predicted octanol–water partition coefficient (Wildman–Crippen LogP) is 4.33. The molecule has 3 aromatic carbocycles. The average molecular weight is 371 g/mol. The van der Waals surface area contributed by atoms with Gasteiger partial charge in [-0.3, -0.25) is 4.79 Å². The Labute approximate surface area is 161 Å². The normalized spacial score (nSPS) is 10.6. The summed E-state index contributed by atoms with van der Waals surface area (Å²) < 4.78 is 11.4. The number of fused-ring (bicyclic) bond motifs is 1. The Hall–Kier alpha value is -3.86. The maximum absolute atomic E-state index is 12.8. The molecule has 0 aliphatic heterocycles. The van der Waals surface area contributed by atoms with Crippen LogP contribution in [0.1, 0.15) is 15.9 Å². The summed E-state index contributed by atoms with van der Waals surface area (Å²) in [6, 6.07) is 23.0. The Morgan fingerprint density at radius 3 is 2.36 bits per heavy atom. The lowest BCUT2D eigenvalue weighted by Crippen LogP contribution is -2.12. The molecular weight excluding hydrogens is 354 g/mol. The number of H-pyrrole nitrogens is 1. The highest BCUT2D eigenvalue weighted by atomic mass is 16.5. The van der Waals surface area contributed by atoms with Gasteiger partial charge in [-0.2, -0.15) is 0 Å². The molecule has 1 aromatic heterocycles. The van der Waals surface area contributed by atoms with E-state index in [9.17, 15) is 9.59 Å². The monoisotopic (exact) mass is 371 g/mol. The van der Waals surface area contributed by atoms with Crippen molar-refractivity contribution in [1.29, 1.82) is 0 Å². The summed E-state index contributed by atoms with van der Waals surface area (Å²) in [6.45, 7) is 0.287. The van der Waals surface area contributed by atoms with Gasteiger partial charge in [0.2, 0.25) is 0 Å². The first-order chi connectivity index (χ1) is 13.7. The molecule has 1 N–H and O–H groups in total. The van der Waals surface area contributed by atoms with Crippen LogP contribution in [0.3, 0.4) is 0 Å². The number of rotatable bonds is 5. The number of carbonyl (C=O) groups excluding carboxylic acids is 1. The minimum absolute atomic E-state index is 0.183. The molecule has 5 nitrogen and oxygen atoms in total. The van der Waals surface area contributed by atoms with Crippen molar-refractivity contribution in [3.63, 3.8) is 0 Å². The average Bonchev–Trinajstić information content (AvgIpc) is 2.73. The molecule has 5 heteroatoms. The Balaban J connectivity index is 1.72. The van der Waals surface area contributed by atoms with E-state index >= 15 is 0 Å². The minimum Gasteiger partial charge on any atom is -0.488 e. The van der Waals surface area contributed by atoms with Gasteiger partial charge in [0.25, 0.3) is 0 Å². The standard InChI is InChI=1S/C23H17NO4/c25-21-11-12-24-20-14-22(27-15-16-7-3-1-4-8-16)19(13-18(20)21)23(26)28-17-9-5-2-6-10-17/h1-14H,15H2,(H,24,25). The van der Waals surface area contributed by atoms with Crippen LogP contribution in [0, 0.1) is 0 Å². The van der Waals surface area contributed by atoms with Gasteiger partial charge >= 0.3 is 5.97 Å². The lowest BCUT2D eigenvalue weighted by Gasteiger charge is -2.13. The van der Waals surface area contributed by atoms with Gasteiger partial charge in [0.15, 0.2) is 5.43 Å². The highest BCUT2D eigenvalue weighted by molar-refractivity contribution is 5.98. The lowest BCUT2D eigenvalue weighted by molar-refractivity contribution is 0.0730. The van der Waals surface area contributed by atoms with Crippen molar-refractivity contribution < 1.29 is 14.3 Å². The van der Waals surface area contributed by atoms with Crippen LogP contribution in [-0.4, -0.2) is 11.0 Å². The highest BCUT2D eigenvalue weighted by Gasteiger charge is 2.18. The van der Waals surface area contributed by atoms with E-state index in [1.807, 2.05) is 36.4 Å². The van der Waals surface area contributed by atoms with Gasteiger partial charge in [-0.05, 0) is 23.8 Å². The summed E-state index contributed by atoms with van der Waals surface area (Å²) in [5.41, 5.74) is 1.57. The van der Waals surface area contributed by atoms with Crippen LogP contribution in [-0.2, 0) is 6.61 Å². The van der Waals surface area contributed by atoms with E-state index in [0.717, 1.165) is 5.56 Å². The summed E-state index contributed by atoms with van der Waals surface area (Å²) in [5.74, 6) is 0.183. The van der Waals surface area contributed by atoms with Crippen LogP contribution < -0.4 is 14.9 Å². The molecule has 0 spiro atoms. The van der Waals surface area contributed by atoms with Crippen LogP contribution in [0.15, 0.2) is 89.9 Å². The SMILES string of the molecule is O=C(Oc1ccccc1)c1cc2c(=O)cc[nH]c2cc1OCc1ccccc1. The Morgan fingerprint density at radius 1 is 0.893 bits per heavy atom. The number of ether oxygens (including phenoxy) is 2. The molecule has 0 atom stereocenters. The zero-order chi connectivity index (χ0) is 19.3. The van der Waals surface area contributed by atoms with E-state index in [4.69, 9.17) is 9.47 Å². The number of para-hydroxylation sites is 1. The zero-order valence-corrected chi connectivity index (χ0v) is 14.9. The van der Waals surface area contributed by atoms with Crippen molar-refractivity contribution in [3.05, 3.63) is 106 Å². The minimum atomic E-state index is -0.584. The second kappa shape index (κ2) is 7.80. The number of hydrogen-bond acceptors (Lipinski definition) is 4. The van der Waals surface area contributed by atoms with Crippen molar-refractivity contribution in [3.8, 4) is 11.5 Å². The van der Waals surface area contributed by atoms with Gasteiger partial charge < -0.3 is 14.5 Å². The van der Waals surface area contributed by atoms with Crippen molar-refractivity contribution in [1.82, 2.24) is 4.98 Å². The van der Waals surface area contributed by atoms with E-state index in [0.29, 0.717) is 22.4 Å². The first kappa shape index (κ1) is 17.5. The molecule has 0 amide bonds. The molecule has 0 aliphatic rings. The molecule has 0 aliphatic carbocycles. The van der Waals surface area contributed by atoms with Crippen LogP contribution in [0.2, 0.25) is 0 Å². The number of nitrogens with one attached hydrogen (secondary N) is 1. The van der Waals surface area contributed by atoms with Crippen molar-refractivity contribution >= 4 is 16.9 Å². The molecule has 0 fully saturated rings. The number of aromatic amines is 1. The van der Waals surface area contributed by atoms with E-state index < -0.39 is 5.97 Å². The quantitative estimate of drug-likeness (QED) is 0.419. The molecular formula is C23H17NO4. The summed E-state index contributed by atoms with van der Waals surface area (Å²) in [4.78, 5) is 28.0. The molecule has 0 saturated heterocycles. The second-order valence-corrected chi connectivity index (χ2v) is 6.21. The lowest BCUT2D eigenvalue weighted by atomic mass is 10.1. The number of carbonyl (C=O) groups is 1. The predicted molar refractivity (Wildman–Crippen MR) is 107 cm³/mol. The van der Waals surface area contributed by atoms with Crippen molar-refractivity contribution in [2.24, 2.45) is 0 Å². The maximum atomic E-state index is 12.8. The van der Waals surface area contributed by atoms with Crippen LogP contribution >= 0.6 is 0 Å². The third kappa shape index (κ3) is 3.78. The molecule has 0 unspecified atom stereocenters. The molecule has 4 rings (SSSR count). The topological polar surface area (TPSA) is 68.4 Å². The van der Waals surface area contributed by atoms with Gasteiger partial charge in [-0.1, -0.05) is 48.5 Å². The summed E-state index contributed by atoms with van der Waals surface area (Å²) >= 11 is 0. The van der Waals surface area contributed by atoms with Gasteiger partial charge in [0.05, 0.1) is 5.52 Å². The van der Waals surface area contributed by atoms with E-state index in [2.05, 4.69) is 4.98 Å². The van der Waals surface area contributed by atoms with Crippen LogP contribution in [0.25, 0.3) is 10.9 Å². The smallest absolute Gasteiger partial charge is 0.347 e. The summed E-state index contributed by atoms with van der Waals surface area (Å²) in [6.07, 6.45) is 1.56. The number of pyridine rings is 1.